The van der Waals surface area contributed by atoms with Crippen molar-refractivity contribution < 1.29 is 5.11 Å². The van der Waals surface area contributed by atoms with Crippen LogP contribution in [0.1, 0.15) is 27.2 Å². The summed E-state index contributed by atoms with van der Waals surface area (Å²) in [6.07, 6.45) is 5.13. The Kier molecular flexibility index (Phi) is 2.68. The number of rotatable bonds is 2. The fourth-order valence-electron chi connectivity index (χ4n) is 1.15. The Hall–Kier alpha value is -0.630. The fraction of sp³-hybridized carbons (Fsp3) is 0.700. The first-order valence-corrected chi connectivity index (χ1v) is 4.42. The number of hydrogen-bond acceptors (Lipinski definition) is 2. The number of allylic oxidation sites excluding steroid dienone is 1. The summed E-state index contributed by atoms with van der Waals surface area (Å²) in [4.78, 5) is 4.33. The van der Waals surface area contributed by atoms with Gasteiger partial charge in [0.15, 0.2) is 0 Å². The number of aliphatic hydroxyl groups is 1. The van der Waals surface area contributed by atoms with E-state index in [2.05, 4.69) is 18.0 Å². The number of aliphatic hydroxyl groups excluding tert-OH is 1. The molecule has 0 aliphatic carbocycles. The van der Waals surface area contributed by atoms with Gasteiger partial charge < -0.3 is 5.11 Å². The molecule has 0 aromatic carbocycles. The summed E-state index contributed by atoms with van der Waals surface area (Å²) in [5.74, 6) is 0.545. The lowest BCUT2D eigenvalue weighted by molar-refractivity contribution is 0.188. The third-order valence-corrected chi connectivity index (χ3v) is 2.24. The number of nitrogens with zero attached hydrogens (tertiary/aromatic N) is 1. The van der Waals surface area contributed by atoms with E-state index in [0.717, 1.165) is 12.1 Å². The fourth-order valence-corrected chi connectivity index (χ4v) is 1.15. The van der Waals surface area contributed by atoms with E-state index in [1.165, 1.54) is 0 Å². The predicted octanol–water partition coefficient (Wildman–Crippen LogP) is 2.00. The zero-order valence-corrected chi connectivity index (χ0v) is 8.04. The molecule has 0 amide bonds. The van der Waals surface area contributed by atoms with Crippen LogP contribution in [0.4, 0.5) is 0 Å². The van der Waals surface area contributed by atoms with Gasteiger partial charge in [-0.25, -0.2) is 0 Å². The molecule has 0 saturated carbocycles. The van der Waals surface area contributed by atoms with Gasteiger partial charge in [-0.3, -0.25) is 4.99 Å². The van der Waals surface area contributed by atoms with Crippen LogP contribution in [0.15, 0.2) is 16.8 Å². The Morgan fingerprint density at radius 3 is 2.75 bits per heavy atom. The van der Waals surface area contributed by atoms with E-state index in [1.807, 2.05) is 20.1 Å². The molecule has 0 spiro atoms. The van der Waals surface area contributed by atoms with Gasteiger partial charge in [-0.2, -0.15) is 0 Å². The molecule has 1 aliphatic heterocycles. The zero-order valence-electron chi connectivity index (χ0n) is 8.04. The van der Waals surface area contributed by atoms with Crippen molar-refractivity contribution in [3.8, 4) is 0 Å². The van der Waals surface area contributed by atoms with Gasteiger partial charge >= 0.3 is 0 Å². The topological polar surface area (TPSA) is 32.6 Å². The molecule has 1 aliphatic rings. The van der Waals surface area contributed by atoms with Crippen LogP contribution in [0.2, 0.25) is 0 Å². The first-order chi connectivity index (χ1) is 5.56. The Bertz CT molecular complexity index is 216. The van der Waals surface area contributed by atoms with E-state index >= 15 is 0 Å². The molecule has 2 nitrogen and oxygen atoms in total. The van der Waals surface area contributed by atoms with Crippen molar-refractivity contribution in [2.75, 3.05) is 6.61 Å². The lowest BCUT2D eigenvalue weighted by Crippen LogP contribution is -2.20. The van der Waals surface area contributed by atoms with Crippen LogP contribution in [0.25, 0.3) is 0 Å². The van der Waals surface area contributed by atoms with Gasteiger partial charge in [-0.15, -0.1) is 0 Å². The molecule has 0 saturated heterocycles. The summed E-state index contributed by atoms with van der Waals surface area (Å²) in [6, 6.07) is 0. The van der Waals surface area contributed by atoms with Crippen LogP contribution in [-0.2, 0) is 0 Å². The molecular formula is C10H17NO. The van der Waals surface area contributed by atoms with Gasteiger partial charge in [0.05, 0.1) is 6.61 Å². The maximum Gasteiger partial charge on any atom is 0.0537 e. The first kappa shape index (κ1) is 9.46. The summed E-state index contributed by atoms with van der Waals surface area (Å²) in [7, 11) is 0. The Morgan fingerprint density at radius 1 is 1.67 bits per heavy atom. The summed E-state index contributed by atoms with van der Waals surface area (Å²) >= 11 is 0. The average molecular weight is 167 g/mol. The molecule has 0 bridgehead atoms. The first-order valence-electron chi connectivity index (χ1n) is 4.42. The van der Waals surface area contributed by atoms with Crippen molar-refractivity contribution in [3.63, 3.8) is 0 Å². The highest BCUT2D eigenvalue weighted by Crippen LogP contribution is 2.29. The summed E-state index contributed by atoms with van der Waals surface area (Å²) < 4.78 is 0. The lowest BCUT2D eigenvalue weighted by atomic mass is 9.88. The second kappa shape index (κ2) is 3.40. The number of aliphatic imine (C=N–C) groups is 1. The number of hydrogen-bond donors (Lipinski definition) is 1. The van der Waals surface area contributed by atoms with Crippen molar-refractivity contribution in [1.82, 2.24) is 0 Å². The van der Waals surface area contributed by atoms with Crippen molar-refractivity contribution in [2.45, 2.75) is 27.2 Å². The highest BCUT2D eigenvalue weighted by molar-refractivity contribution is 5.63. The van der Waals surface area contributed by atoms with E-state index in [-0.39, 0.29) is 12.0 Å². The van der Waals surface area contributed by atoms with Crippen LogP contribution < -0.4 is 0 Å². The normalized spacial score (nSPS) is 24.0. The van der Waals surface area contributed by atoms with Crippen LogP contribution in [0.3, 0.4) is 0 Å². The molecule has 12 heavy (non-hydrogen) atoms. The standard InChI is InChI=1S/C10H17NO/c1-8-4-5-9(11-6-8)10(2,3)7-12/h5-6,8,12H,4,7H2,1-3H3. The minimum absolute atomic E-state index is 0.157. The molecule has 0 fully saturated rings. The van der Waals surface area contributed by atoms with Gasteiger partial charge in [0, 0.05) is 17.3 Å². The molecule has 2 heteroatoms. The lowest BCUT2D eigenvalue weighted by Gasteiger charge is -2.25. The van der Waals surface area contributed by atoms with Crippen molar-refractivity contribution in [1.29, 1.82) is 0 Å². The third kappa shape index (κ3) is 1.95. The monoisotopic (exact) mass is 167 g/mol. The predicted molar refractivity (Wildman–Crippen MR) is 51.2 cm³/mol. The van der Waals surface area contributed by atoms with E-state index in [1.54, 1.807) is 0 Å². The molecule has 0 aromatic heterocycles. The molecule has 68 valence electrons. The second-order valence-corrected chi connectivity index (χ2v) is 4.12. The van der Waals surface area contributed by atoms with Gasteiger partial charge in [-0.05, 0) is 12.3 Å². The van der Waals surface area contributed by atoms with Crippen molar-refractivity contribution in [2.24, 2.45) is 16.3 Å². The van der Waals surface area contributed by atoms with E-state index < -0.39 is 0 Å². The molecule has 0 radical (unpaired) electrons. The Balaban J connectivity index is 2.72. The maximum absolute atomic E-state index is 9.10. The van der Waals surface area contributed by atoms with Crippen LogP contribution in [-0.4, -0.2) is 17.9 Å². The quantitative estimate of drug-likeness (QED) is 0.670. The van der Waals surface area contributed by atoms with Gasteiger partial charge in [-0.1, -0.05) is 26.8 Å². The van der Waals surface area contributed by atoms with Crippen molar-refractivity contribution in [3.05, 3.63) is 11.8 Å². The Morgan fingerprint density at radius 2 is 2.33 bits per heavy atom. The van der Waals surface area contributed by atoms with Crippen LogP contribution in [0, 0.1) is 11.3 Å². The molecule has 1 N–H and O–H groups in total. The molecular weight excluding hydrogens is 150 g/mol. The van der Waals surface area contributed by atoms with E-state index in [4.69, 9.17) is 5.11 Å². The van der Waals surface area contributed by atoms with E-state index in [9.17, 15) is 0 Å². The minimum Gasteiger partial charge on any atom is -0.395 e. The highest BCUT2D eigenvalue weighted by Gasteiger charge is 2.23. The third-order valence-electron chi connectivity index (χ3n) is 2.24. The van der Waals surface area contributed by atoms with Crippen LogP contribution in [0.5, 0.6) is 0 Å². The summed E-state index contributed by atoms with van der Waals surface area (Å²) in [5, 5.41) is 9.10. The van der Waals surface area contributed by atoms with Gasteiger partial charge in [0.1, 0.15) is 0 Å². The van der Waals surface area contributed by atoms with E-state index in [0.29, 0.717) is 5.92 Å². The molecule has 0 aromatic rings. The maximum atomic E-state index is 9.10. The summed E-state index contributed by atoms with van der Waals surface area (Å²) in [5.41, 5.74) is 0.833. The second-order valence-electron chi connectivity index (χ2n) is 4.12. The average Bonchev–Trinajstić information content (AvgIpc) is 2.05. The van der Waals surface area contributed by atoms with Gasteiger partial charge in [0.25, 0.3) is 0 Å². The highest BCUT2D eigenvalue weighted by atomic mass is 16.3. The zero-order chi connectivity index (χ0) is 9.19. The Labute approximate surface area is 74.0 Å². The largest absolute Gasteiger partial charge is 0.395 e. The molecule has 1 rings (SSSR count). The molecule has 1 atom stereocenters. The summed E-state index contributed by atoms with van der Waals surface area (Å²) in [6.45, 7) is 6.31. The smallest absolute Gasteiger partial charge is 0.0537 e. The van der Waals surface area contributed by atoms with Gasteiger partial charge in [0.2, 0.25) is 0 Å². The molecule has 1 heterocycles. The molecule has 1 unspecified atom stereocenters. The minimum atomic E-state index is -0.184. The van der Waals surface area contributed by atoms with Crippen molar-refractivity contribution >= 4 is 6.21 Å². The van der Waals surface area contributed by atoms with Crippen LogP contribution >= 0.6 is 0 Å². The SMILES string of the molecule is CC1C=NC(C(C)(C)CO)=CC1.